The molecule has 0 fully saturated rings. The van der Waals surface area contributed by atoms with Crippen molar-refractivity contribution < 1.29 is 9.90 Å². The molecule has 3 rings (SSSR count). The number of nitriles is 1. The molecule has 0 aliphatic heterocycles. The second-order valence-corrected chi connectivity index (χ2v) is 5.18. The lowest BCUT2D eigenvalue weighted by atomic mass is 10.1. The van der Waals surface area contributed by atoms with Gasteiger partial charge >= 0.3 is 0 Å². The Morgan fingerprint density at radius 3 is 2.46 bits per heavy atom. The van der Waals surface area contributed by atoms with E-state index in [0.717, 1.165) is 5.56 Å². The number of amides is 1. The third kappa shape index (κ3) is 2.83. The molecule has 1 aromatic heterocycles. The number of hydrogen-bond acceptors (Lipinski definition) is 4. The number of aryl methyl sites for hydroxylation is 1. The van der Waals surface area contributed by atoms with Crippen molar-refractivity contribution in [1.82, 2.24) is 9.78 Å². The number of aromatic nitrogens is 2. The predicted octanol–water partition coefficient (Wildman–Crippen LogP) is 2.92. The van der Waals surface area contributed by atoms with Crippen LogP contribution in [0.5, 0.6) is 5.75 Å². The molecule has 0 saturated carbocycles. The summed E-state index contributed by atoms with van der Waals surface area (Å²) >= 11 is 0. The molecular formula is C18H14N4O2. The van der Waals surface area contributed by atoms with Gasteiger partial charge in [-0.1, -0.05) is 30.3 Å². The maximum Gasteiger partial charge on any atom is 0.277 e. The van der Waals surface area contributed by atoms with Gasteiger partial charge in [0, 0.05) is 18.3 Å². The molecular weight excluding hydrogens is 304 g/mol. The summed E-state index contributed by atoms with van der Waals surface area (Å²) in [5.74, 6) is -0.649. The maximum atomic E-state index is 12.5. The molecule has 0 saturated heterocycles. The number of nitrogens with zero attached hydrogens (tertiary/aromatic N) is 3. The number of anilines is 1. The number of carbonyl (C=O) groups is 1. The largest absolute Gasteiger partial charge is 0.504 e. The van der Waals surface area contributed by atoms with Crippen molar-refractivity contribution in [1.29, 1.82) is 5.26 Å². The van der Waals surface area contributed by atoms with E-state index in [0.29, 0.717) is 16.9 Å². The maximum absolute atomic E-state index is 12.5. The summed E-state index contributed by atoms with van der Waals surface area (Å²) in [7, 11) is 1.60. The van der Waals surface area contributed by atoms with Crippen LogP contribution in [-0.2, 0) is 7.05 Å². The van der Waals surface area contributed by atoms with E-state index in [-0.39, 0.29) is 11.4 Å². The predicted molar refractivity (Wildman–Crippen MR) is 89.4 cm³/mol. The molecule has 0 aliphatic rings. The van der Waals surface area contributed by atoms with E-state index < -0.39 is 5.91 Å². The monoisotopic (exact) mass is 318 g/mol. The fourth-order valence-corrected chi connectivity index (χ4v) is 2.38. The van der Waals surface area contributed by atoms with Gasteiger partial charge < -0.3 is 10.4 Å². The molecule has 6 heteroatoms. The number of hydrogen-bond donors (Lipinski definition) is 2. The normalized spacial score (nSPS) is 10.2. The highest BCUT2D eigenvalue weighted by Crippen LogP contribution is 2.31. The third-order valence-electron chi connectivity index (χ3n) is 3.56. The molecule has 0 spiro atoms. The third-order valence-corrected chi connectivity index (χ3v) is 3.56. The second-order valence-electron chi connectivity index (χ2n) is 5.18. The minimum Gasteiger partial charge on any atom is -0.504 e. The second kappa shape index (κ2) is 6.26. The smallest absolute Gasteiger partial charge is 0.277 e. The Balaban J connectivity index is 1.90. The molecule has 118 valence electrons. The van der Waals surface area contributed by atoms with Crippen molar-refractivity contribution in [2.24, 2.45) is 7.05 Å². The average Bonchev–Trinajstić information content (AvgIpc) is 2.91. The lowest BCUT2D eigenvalue weighted by Gasteiger charge is -2.05. The first-order chi connectivity index (χ1) is 11.6. The quantitative estimate of drug-likeness (QED) is 0.777. The van der Waals surface area contributed by atoms with Gasteiger partial charge in [-0.2, -0.15) is 10.4 Å². The lowest BCUT2D eigenvalue weighted by Crippen LogP contribution is -2.16. The topological polar surface area (TPSA) is 90.9 Å². The summed E-state index contributed by atoms with van der Waals surface area (Å²) in [5.41, 5.74) is 2.17. The SMILES string of the molecule is Cn1nc(-c2ccccc2)c(O)c1C(=O)Nc1ccc(C#N)cc1. The van der Waals surface area contributed by atoms with Gasteiger partial charge in [-0.15, -0.1) is 0 Å². The Kier molecular flexibility index (Phi) is 4.00. The minimum atomic E-state index is -0.477. The Labute approximate surface area is 138 Å². The molecule has 2 aromatic carbocycles. The van der Waals surface area contributed by atoms with Crippen LogP contribution in [0, 0.1) is 11.3 Å². The van der Waals surface area contributed by atoms with Crippen molar-refractivity contribution in [3.8, 4) is 23.1 Å². The first-order valence-corrected chi connectivity index (χ1v) is 7.23. The number of rotatable bonds is 3. The van der Waals surface area contributed by atoms with Crippen LogP contribution < -0.4 is 5.32 Å². The highest BCUT2D eigenvalue weighted by molar-refractivity contribution is 6.06. The highest BCUT2D eigenvalue weighted by Gasteiger charge is 2.22. The van der Waals surface area contributed by atoms with Crippen molar-refractivity contribution in [3.63, 3.8) is 0 Å². The van der Waals surface area contributed by atoms with Crippen LogP contribution in [0.25, 0.3) is 11.3 Å². The zero-order valence-electron chi connectivity index (χ0n) is 12.9. The van der Waals surface area contributed by atoms with Crippen molar-refractivity contribution in [2.45, 2.75) is 0 Å². The number of benzene rings is 2. The molecule has 0 bridgehead atoms. The Bertz CT molecular complexity index is 922. The Hall–Kier alpha value is -3.59. The summed E-state index contributed by atoms with van der Waals surface area (Å²) in [6.07, 6.45) is 0. The minimum absolute atomic E-state index is 0.0678. The van der Waals surface area contributed by atoms with Gasteiger partial charge in [-0.3, -0.25) is 9.48 Å². The van der Waals surface area contributed by atoms with Crippen molar-refractivity contribution >= 4 is 11.6 Å². The van der Waals surface area contributed by atoms with Crippen molar-refractivity contribution in [2.75, 3.05) is 5.32 Å². The van der Waals surface area contributed by atoms with E-state index in [4.69, 9.17) is 5.26 Å². The standard InChI is InChI=1S/C18H14N4O2/c1-22-16(17(23)15(21-22)13-5-3-2-4-6-13)18(24)20-14-9-7-12(11-19)8-10-14/h2-10,23H,1H3,(H,20,24). The molecule has 6 nitrogen and oxygen atoms in total. The van der Waals surface area contributed by atoms with Gasteiger partial charge in [0.15, 0.2) is 11.4 Å². The molecule has 3 aromatic rings. The van der Waals surface area contributed by atoms with Gasteiger partial charge in [-0.05, 0) is 24.3 Å². The van der Waals surface area contributed by atoms with E-state index >= 15 is 0 Å². The zero-order valence-corrected chi connectivity index (χ0v) is 12.9. The van der Waals surface area contributed by atoms with E-state index in [1.54, 1.807) is 31.3 Å². The molecule has 0 unspecified atom stereocenters. The summed E-state index contributed by atoms with van der Waals surface area (Å²) < 4.78 is 1.34. The summed E-state index contributed by atoms with van der Waals surface area (Å²) in [6, 6.07) is 17.6. The fraction of sp³-hybridized carbons (Fsp3) is 0.0556. The molecule has 0 radical (unpaired) electrons. The average molecular weight is 318 g/mol. The number of aromatic hydroxyl groups is 1. The van der Waals surface area contributed by atoms with E-state index in [1.807, 2.05) is 36.4 Å². The molecule has 1 heterocycles. The van der Waals surface area contributed by atoms with Gasteiger partial charge in [0.1, 0.15) is 5.69 Å². The van der Waals surface area contributed by atoms with Gasteiger partial charge in [0.05, 0.1) is 11.6 Å². The molecule has 2 N–H and O–H groups in total. The summed E-state index contributed by atoms with van der Waals surface area (Å²) in [6.45, 7) is 0. The molecule has 0 atom stereocenters. The fourth-order valence-electron chi connectivity index (χ4n) is 2.38. The van der Waals surface area contributed by atoms with Gasteiger partial charge in [-0.25, -0.2) is 0 Å². The zero-order chi connectivity index (χ0) is 17.1. The van der Waals surface area contributed by atoms with Gasteiger partial charge in [0.2, 0.25) is 0 Å². The van der Waals surface area contributed by atoms with Crippen LogP contribution in [0.1, 0.15) is 16.1 Å². The first kappa shape index (κ1) is 15.3. The van der Waals surface area contributed by atoms with E-state index in [9.17, 15) is 9.90 Å². The van der Waals surface area contributed by atoms with Crippen LogP contribution in [0.2, 0.25) is 0 Å². The van der Waals surface area contributed by atoms with E-state index in [2.05, 4.69) is 10.4 Å². The Morgan fingerprint density at radius 2 is 1.83 bits per heavy atom. The molecule has 0 aliphatic carbocycles. The highest BCUT2D eigenvalue weighted by atomic mass is 16.3. The van der Waals surface area contributed by atoms with Crippen LogP contribution in [0.15, 0.2) is 54.6 Å². The summed E-state index contributed by atoms with van der Waals surface area (Å²) in [4.78, 5) is 12.5. The van der Waals surface area contributed by atoms with Crippen LogP contribution in [-0.4, -0.2) is 20.8 Å². The molecule has 1 amide bonds. The molecule has 24 heavy (non-hydrogen) atoms. The summed E-state index contributed by atoms with van der Waals surface area (Å²) in [5, 5.41) is 26.1. The lowest BCUT2D eigenvalue weighted by molar-refractivity contribution is 0.101. The van der Waals surface area contributed by atoms with Gasteiger partial charge in [0.25, 0.3) is 5.91 Å². The van der Waals surface area contributed by atoms with E-state index in [1.165, 1.54) is 4.68 Å². The van der Waals surface area contributed by atoms with Crippen LogP contribution in [0.3, 0.4) is 0 Å². The Morgan fingerprint density at radius 1 is 1.17 bits per heavy atom. The van der Waals surface area contributed by atoms with Crippen LogP contribution >= 0.6 is 0 Å². The van der Waals surface area contributed by atoms with Crippen molar-refractivity contribution in [3.05, 3.63) is 65.9 Å². The number of carbonyl (C=O) groups excluding carboxylic acids is 1. The van der Waals surface area contributed by atoms with Crippen LogP contribution in [0.4, 0.5) is 5.69 Å². The first-order valence-electron chi connectivity index (χ1n) is 7.23. The number of nitrogens with one attached hydrogen (secondary N) is 1.